The van der Waals surface area contributed by atoms with Crippen LogP contribution in [0.3, 0.4) is 0 Å². The smallest absolute Gasteiger partial charge is 0.230 e. The molecule has 0 spiro atoms. The van der Waals surface area contributed by atoms with Crippen molar-refractivity contribution < 1.29 is 9.53 Å². The highest BCUT2D eigenvalue weighted by molar-refractivity contribution is 8.01. The van der Waals surface area contributed by atoms with Crippen LogP contribution in [0.5, 0.6) is 5.75 Å². The van der Waals surface area contributed by atoms with Crippen LogP contribution in [0.15, 0.2) is 28.6 Å². The largest absolute Gasteiger partial charge is 0.492 e. The third-order valence-corrected chi connectivity index (χ3v) is 5.24. The van der Waals surface area contributed by atoms with Crippen molar-refractivity contribution in [3.8, 4) is 5.75 Å². The first kappa shape index (κ1) is 19.5. The van der Waals surface area contributed by atoms with Gasteiger partial charge in [-0.3, -0.25) is 4.79 Å². The van der Waals surface area contributed by atoms with E-state index in [9.17, 15) is 4.79 Å². The van der Waals surface area contributed by atoms with E-state index in [1.807, 2.05) is 31.2 Å². The summed E-state index contributed by atoms with van der Waals surface area (Å²) in [5.41, 5.74) is 0.853. The molecule has 8 heteroatoms. The fourth-order valence-corrected chi connectivity index (χ4v) is 3.66. The molecular weight excluding hydrogens is 356 g/mol. The molecule has 2 aromatic rings. The number of benzene rings is 1. The lowest BCUT2D eigenvalue weighted by atomic mass is 10.2. The zero-order valence-electron chi connectivity index (χ0n) is 14.6. The van der Waals surface area contributed by atoms with Crippen molar-refractivity contribution in [1.82, 2.24) is 15.5 Å². The van der Waals surface area contributed by atoms with Gasteiger partial charge in [0.25, 0.3) is 0 Å². The van der Waals surface area contributed by atoms with Gasteiger partial charge in [0.05, 0.1) is 18.0 Å². The third kappa shape index (κ3) is 6.91. The maximum absolute atomic E-state index is 11.8. The Labute approximate surface area is 156 Å². The number of amides is 1. The molecule has 0 radical (unpaired) electrons. The predicted molar refractivity (Wildman–Crippen MR) is 104 cm³/mol. The zero-order chi connectivity index (χ0) is 17.9. The van der Waals surface area contributed by atoms with Gasteiger partial charge in [0.15, 0.2) is 4.34 Å². The van der Waals surface area contributed by atoms with Gasteiger partial charge >= 0.3 is 0 Å². The zero-order valence-corrected chi connectivity index (χ0v) is 16.2. The van der Waals surface area contributed by atoms with Gasteiger partial charge in [-0.1, -0.05) is 55.0 Å². The second-order valence-electron chi connectivity index (χ2n) is 5.27. The first-order valence-corrected chi connectivity index (χ1v) is 10.2. The van der Waals surface area contributed by atoms with Crippen LogP contribution in [-0.2, 0) is 4.79 Å². The van der Waals surface area contributed by atoms with Crippen LogP contribution < -0.4 is 15.4 Å². The number of thioether (sulfide) groups is 1. The summed E-state index contributed by atoms with van der Waals surface area (Å²) < 4.78 is 6.35. The summed E-state index contributed by atoms with van der Waals surface area (Å²) in [6, 6.07) is 7.70. The highest BCUT2D eigenvalue weighted by Gasteiger charge is 2.10. The van der Waals surface area contributed by atoms with Crippen LogP contribution in [0.25, 0.3) is 0 Å². The maximum Gasteiger partial charge on any atom is 0.230 e. The number of para-hydroxylation sites is 2. The standard InChI is InChI=1S/C17H24N4O2S2/c1-3-5-8-11-18-15(22)12-24-17-21-20-16(25-17)19-13-9-6-7-10-14(13)23-4-2/h6-7,9-10H,3-5,8,11-12H2,1-2H3,(H,18,22)(H,19,20). The topological polar surface area (TPSA) is 76.1 Å². The molecule has 25 heavy (non-hydrogen) atoms. The molecule has 136 valence electrons. The second-order valence-corrected chi connectivity index (χ2v) is 7.47. The summed E-state index contributed by atoms with van der Waals surface area (Å²) in [4.78, 5) is 11.8. The summed E-state index contributed by atoms with van der Waals surface area (Å²) in [7, 11) is 0. The van der Waals surface area contributed by atoms with Crippen molar-refractivity contribution in [2.75, 3.05) is 24.2 Å². The van der Waals surface area contributed by atoms with E-state index in [4.69, 9.17) is 4.74 Å². The number of unbranched alkanes of at least 4 members (excludes halogenated alkanes) is 2. The first-order chi connectivity index (χ1) is 12.2. The van der Waals surface area contributed by atoms with Gasteiger partial charge in [0.2, 0.25) is 11.0 Å². The van der Waals surface area contributed by atoms with E-state index in [1.54, 1.807) is 0 Å². The number of nitrogens with one attached hydrogen (secondary N) is 2. The molecule has 0 bridgehead atoms. The number of aromatic nitrogens is 2. The Kier molecular flexibility index (Phi) is 8.54. The van der Waals surface area contributed by atoms with E-state index in [-0.39, 0.29) is 5.91 Å². The van der Waals surface area contributed by atoms with Crippen LogP contribution in [0.2, 0.25) is 0 Å². The van der Waals surface area contributed by atoms with E-state index in [2.05, 4.69) is 27.8 Å². The van der Waals surface area contributed by atoms with Gasteiger partial charge in [0.1, 0.15) is 5.75 Å². The van der Waals surface area contributed by atoms with Crippen LogP contribution >= 0.6 is 23.1 Å². The monoisotopic (exact) mass is 380 g/mol. The number of hydrogen-bond acceptors (Lipinski definition) is 7. The molecule has 0 saturated heterocycles. The summed E-state index contributed by atoms with van der Waals surface area (Å²) in [5, 5.41) is 15.1. The van der Waals surface area contributed by atoms with Crippen molar-refractivity contribution in [2.45, 2.75) is 37.4 Å². The normalized spacial score (nSPS) is 10.5. The van der Waals surface area contributed by atoms with E-state index in [0.717, 1.165) is 41.6 Å². The molecule has 2 N–H and O–H groups in total. The first-order valence-electron chi connectivity index (χ1n) is 8.44. The summed E-state index contributed by atoms with van der Waals surface area (Å²) in [6.45, 7) is 5.43. The molecule has 0 saturated carbocycles. The summed E-state index contributed by atoms with van der Waals surface area (Å²) in [5.74, 6) is 1.17. The van der Waals surface area contributed by atoms with E-state index in [0.29, 0.717) is 17.5 Å². The number of carbonyl (C=O) groups excluding carboxylic acids is 1. The molecule has 6 nitrogen and oxygen atoms in total. The van der Waals surface area contributed by atoms with Gasteiger partial charge in [0, 0.05) is 6.54 Å². The Balaban J connectivity index is 1.81. The molecule has 0 atom stereocenters. The molecule has 0 aliphatic heterocycles. The quantitative estimate of drug-likeness (QED) is 0.452. The van der Waals surface area contributed by atoms with Gasteiger partial charge in [-0.15, -0.1) is 10.2 Å². The van der Waals surface area contributed by atoms with Gasteiger partial charge in [-0.05, 0) is 25.5 Å². The van der Waals surface area contributed by atoms with Crippen LogP contribution in [0.1, 0.15) is 33.1 Å². The number of nitrogens with zero attached hydrogens (tertiary/aromatic N) is 2. The van der Waals surface area contributed by atoms with Crippen molar-refractivity contribution in [3.63, 3.8) is 0 Å². The number of hydrogen-bond donors (Lipinski definition) is 2. The Hall–Kier alpha value is -1.80. The van der Waals surface area contributed by atoms with Crippen molar-refractivity contribution in [1.29, 1.82) is 0 Å². The Morgan fingerprint density at radius 3 is 2.88 bits per heavy atom. The van der Waals surface area contributed by atoms with Gasteiger partial charge in [-0.2, -0.15) is 0 Å². The predicted octanol–water partition coefficient (Wildman–Crippen LogP) is 4.08. The van der Waals surface area contributed by atoms with Crippen LogP contribution in [0, 0.1) is 0 Å². The molecule has 0 unspecified atom stereocenters. The molecule has 1 aromatic carbocycles. The molecule has 0 aliphatic carbocycles. The number of carbonyl (C=O) groups is 1. The van der Waals surface area contributed by atoms with Crippen LogP contribution in [0.4, 0.5) is 10.8 Å². The highest BCUT2D eigenvalue weighted by atomic mass is 32.2. The van der Waals surface area contributed by atoms with Crippen molar-refractivity contribution >= 4 is 39.8 Å². The van der Waals surface area contributed by atoms with E-state index >= 15 is 0 Å². The van der Waals surface area contributed by atoms with Gasteiger partial charge in [-0.25, -0.2) is 0 Å². The van der Waals surface area contributed by atoms with Crippen molar-refractivity contribution in [2.24, 2.45) is 0 Å². The average Bonchev–Trinajstić information content (AvgIpc) is 3.06. The molecule has 1 aromatic heterocycles. The molecule has 0 fully saturated rings. The lowest BCUT2D eigenvalue weighted by Crippen LogP contribution is -2.26. The van der Waals surface area contributed by atoms with E-state index in [1.165, 1.54) is 23.1 Å². The molecule has 0 aliphatic rings. The number of anilines is 2. The van der Waals surface area contributed by atoms with Gasteiger partial charge < -0.3 is 15.4 Å². The van der Waals surface area contributed by atoms with Crippen molar-refractivity contribution in [3.05, 3.63) is 24.3 Å². The Morgan fingerprint density at radius 1 is 1.24 bits per heavy atom. The third-order valence-electron chi connectivity index (χ3n) is 3.26. The van der Waals surface area contributed by atoms with Crippen LogP contribution in [-0.4, -0.2) is 35.0 Å². The highest BCUT2D eigenvalue weighted by Crippen LogP contribution is 2.31. The number of ether oxygens (including phenoxy) is 1. The maximum atomic E-state index is 11.8. The molecule has 1 amide bonds. The average molecular weight is 381 g/mol. The Bertz CT molecular complexity index is 664. The summed E-state index contributed by atoms with van der Waals surface area (Å²) >= 11 is 2.82. The lowest BCUT2D eigenvalue weighted by molar-refractivity contribution is -0.118. The minimum absolute atomic E-state index is 0.0347. The molecule has 1 heterocycles. The SMILES string of the molecule is CCCCCNC(=O)CSc1nnc(Nc2ccccc2OCC)s1. The fourth-order valence-electron chi connectivity index (χ4n) is 2.07. The fraction of sp³-hybridized carbons (Fsp3) is 0.471. The molecular formula is C17H24N4O2S2. The lowest BCUT2D eigenvalue weighted by Gasteiger charge is -2.09. The second kappa shape index (κ2) is 10.9. The minimum atomic E-state index is 0.0347. The number of rotatable bonds is 11. The minimum Gasteiger partial charge on any atom is -0.492 e. The summed E-state index contributed by atoms with van der Waals surface area (Å²) in [6.07, 6.45) is 3.32. The van der Waals surface area contributed by atoms with E-state index < -0.39 is 0 Å². The Morgan fingerprint density at radius 2 is 2.08 bits per heavy atom. The molecule has 2 rings (SSSR count).